The highest BCUT2D eigenvalue weighted by atomic mass is 16.4. The molecule has 2 aliphatic heterocycles. The maximum atomic E-state index is 12.5. The number of carboxylic acid groups (broad SMARTS) is 4. The van der Waals surface area contributed by atoms with E-state index in [1.807, 2.05) is 0 Å². The predicted molar refractivity (Wildman–Crippen MR) is 104 cm³/mol. The van der Waals surface area contributed by atoms with Crippen LogP contribution in [0.1, 0.15) is 11.1 Å². The third-order valence-electron chi connectivity index (χ3n) is 6.61. The summed E-state index contributed by atoms with van der Waals surface area (Å²) in [5.74, 6) is -13.0. The van der Waals surface area contributed by atoms with Gasteiger partial charge in [0, 0.05) is 0 Å². The lowest BCUT2D eigenvalue weighted by atomic mass is 9.54. The van der Waals surface area contributed by atoms with Gasteiger partial charge in [0.2, 0.25) is 0 Å². The van der Waals surface area contributed by atoms with Crippen LogP contribution < -0.4 is 5.32 Å². The van der Waals surface area contributed by atoms with Crippen molar-refractivity contribution in [2.75, 3.05) is 0 Å². The van der Waals surface area contributed by atoms with Gasteiger partial charge in [-0.25, -0.2) is 0 Å². The first-order valence-electron chi connectivity index (χ1n) is 9.51. The van der Waals surface area contributed by atoms with E-state index in [1.54, 1.807) is 36.4 Å². The molecule has 4 unspecified atom stereocenters. The van der Waals surface area contributed by atoms with E-state index in [0.29, 0.717) is 0 Å². The molecule has 2 aliphatic rings. The topological polar surface area (TPSA) is 161 Å². The number of rotatable bonds is 6. The standard InChI is InChI=1S/C22H19NO8/c24-17(25)13-15(19(28)29)22(12-9-5-2-6-10-12)16(20(30)31)14(18(26)27)21(13,23-22)11-7-3-1-4-8-11/h1-10,13-16,23H,(H,24,25)(H,26,27)(H,28,29)(H,30,31). The summed E-state index contributed by atoms with van der Waals surface area (Å²) < 4.78 is 0. The van der Waals surface area contributed by atoms with Crippen molar-refractivity contribution in [2.45, 2.75) is 11.1 Å². The van der Waals surface area contributed by atoms with E-state index in [0.717, 1.165) is 0 Å². The molecule has 5 N–H and O–H groups in total. The summed E-state index contributed by atoms with van der Waals surface area (Å²) in [4.78, 5) is 49.8. The monoisotopic (exact) mass is 425 g/mol. The third kappa shape index (κ3) is 2.53. The van der Waals surface area contributed by atoms with Crippen molar-refractivity contribution in [1.29, 1.82) is 0 Å². The van der Waals surface area contributed by atoms with Gasteiger partial charge >= 0.3 is 23.9 Å². The molecular weight excluding hydrogens is 406 g/mol. The average molecular weight is 425 g/mol. The first kappa shape index (κ1) is 20.5. The Morgan fingerprint density at radius 1 is 0.548 bits per heavy atom. The molecule has 2 heterocycles. The van der Waals surface area contributed by atoms with Crippen LogP contribution in [0.4, 0.5) is 0 Å². The molecule has 2 fully saturated rings. The van der Waals surface area contributed by atoms with Crippen LogP contribution in [0.15, 0.2) is 60.7 Å². The lowest BCUT2D eigenvalue weighted by Gasteiger charge is -2.43. The fourth-order valence-electron chi connectivity index (χ4n) is 5.73. The minimum Gasteiger partial charge on any atom is -0.481 e. The lowest BCUT2D eigenvalue weighted by molar-refractivity contribution is -0.172. The van der Waals surface area contributed by atoms with E-state index in [2.05, 4.69) is 5.32 Å². The van der Waals surface area contributed by atoms with Crippen molar-refractivity contribution in [2.24, 2.45) is 23.7 Å². The Morgan fingerprint density at radius 3 is 1.03 bits per heavy atom. The Hall–Kier alpha value is -3.72. The van der Waals surface area contributed by atoms with E-state index in [1.165, 1.54) is 24.3 Å². The van der Waals surface area contributed by atoms with Crippen molar-refractivity contribution in [3.05, 3.63) is 71.8 Å². The van der Waals surface area contributed by atoms with E-state index in [9.17, 15) is 39.6 Å². The Labute approximate surface area is 175 Å². The summed E-state index contributed by atoms with van der Waals surface area (Å²) in [5, 5.41) is 43.5. The van der Waals surface area contributed by atoms with Gasteiger partial charge in [0.1, 0.15) is 0 Å². The second kappa shape index (κ2) is 6.92. The molecule has 2 aromatic rings. The number of carboxylic acids is 4. The minimum atomic E-state index is -1.96. The smallest absolute Gasteiger partial charge is 0.309 e. The highest BCUT2D eigenvalue weighted by Gasteiger charge is 2.81. The van der Waals surface area contributed by atoms with E-state index in [4.69, 9.17) is 0 Å². The second-order valence-corrected chi connectivity index (χ2v) is 7.86. The van der Waals surface area contributed by atoms with Crippen LogP contribution in [0.5, 0.6) is 0 Å². The van der Waals surface area contributed by atoms with Gasteiger partial charge in [-0.2, -0.15) is 0 Å². The van der Waals surface area contributed by atoms with Gasteiger partial charge in [-0.1, -0.05) is 60.7 Å². The summed E-state index contributed by atoms with van der Waals surface area (Å²) in [6, 6.07) is 15.5. The Balaban J connectivity index is 2.16. The predicted octanol–water partition coefficient (Wildman–Crippen LogP) is 1.20. The van der Waals surface area contributed by atoms with Crippen LogP contribution in [0, 0.1) is 23.7 Å². The molecule has 0 aromatic heterocycles. The quantitative estimate of drug-likeness (QED) is 0.458. The molecule has 4 atom stereocenters. The highest BCUT2D eigenvalue weighted by molar-refractivity contribution is 5.93. The van der Waals surface area contributed by atoms with E-state index >= 15 is 0 Å². The number of hydrogen-bond donors (Lipinski definition) is 5. The molecule has 9 heteroatoms. The first-order valence-corrected chi connectivity index (χ1v) is 9.51. The largest absolute Gasteiger partial charge is 0.481 e. The van der Waals surface area contributed by atoms with Crippen molar-refractivity contribution in [3.8, 4) is 0 Å². The summed E-state index contributed by atoms with van der Waals surface area (Å²) in [5.41, 5.74) is -3.49. The maximum absolute atomic E-state index is 12.5. The zero-order valence-corrected chi connectivity index (χ0v) is 16.0. The molecule has 0 radical (unpaired) electrons. The minimum absolute atomic E-state index is 0.211. The normalized spacial score (nSPS) is 33.7. The van der Waals surface area contributed by atoms with Gasteiger partial charge in [0.15, 0.2) is 0 Å². The van der Waals surface area contributed by atoms with Crippen LogP contribution >= 0.6 is 0 Å². The molecule has 4 rings (SSSR count). The summed E-state index contributed by atoms with van der Waals surface area (Å²) in [7, 11) is 0. The Bertz CT molecular complexity index is 942. The van der Waals surface area contributed by atoms with Crippen molar-refractivity contribution < 1.29 is 39.6 Å². The van der Waals surface area contributed by atoms with Crippen molar-refractivity contribution in [3.63, 3.8) is 0 Å². The molecular formula is C22H19NO8. The molecule has 2 aromatic carbocycles. The number of aliphatic carboxylic acids is 4. The van der Waals surface area contributed by atoms with Crippen molar-refractivity contribution in [1.82, 2.24) is 5.32 Å². The zero-order chi connectivity index (χ0) is 22.6. The van der Waals surface area contributed by atoms with Crippen LogP contribution in [-0.4, -0.2) is 44.3 Å². The molecule has 0 spiro atoms. The molecule has 31 heavy (non-hydrogen) atoms. The van der Waals surface area contributed by atoms with Gasteiger partial charge in [-0.15, -0.1) is 0 Å². The maximum Gasteiger partial charge on any atom is 0.309 e. The molecule has 2 bridgehead atoms. The van der Waals surface area contributed by atoms with Gasteiger partial charge < -0.3 is 20.4 Å². The third-order valence-corrected chi connectivity index (χ3v) is 6.61. The van der Waals surface area contributed by atoms with Crippen LogP contribution in [0.25, 0.3) is 0 Å². The number of nitrogens with one attached hydrogen (secondary N) is 1. The molecule has 0 amide bonds. The number of fused-ring (bicyclic) bond motifs is 2. The van der Waals surface area contributed by atoms with Gasteiger partial charge in [-0.3, -0.25) is 24.5 Å². The lowest BCUT2D eigenvalue weighted by Crippen LogP contribution is -2.58. The molecule has 0 saturated carbocycles. The fraction of sp³-hybridized carbons (Fsp3) is 0.273. The summed E-state index contributed by atoms with van der Waals surface area (Å²) in [6.07, 6.45) is 0. The average Bonchev–Trinajstić information content (AvgIpc) is 3.24. The number of benzene rings is 2. The number of hydrogen-bond acceptors (Lipinski definition) is 5. The Morgan fingerprint density at radius 2 is 0.806 bits per heavy atom. The molecule has 9 nitrogen and oxygen atoms in total. The molecule has 0 aliphatic carbocycles. The van der Waals surface area contributed by atoms with E-state index < -0.39 is 58.6 Å². The molecule has 2 saturated heterocycles. The van der Waals surface area contributed by atoms with Crippen LogP contribution in [0.3, 0.4) is 0 Å². The zero-order valence-electron chi connectivity index (χ0n) is 16.0. The second-order valence-electron chi connectivity index (χ2n) is 7.86. The fourth-order valence-corrected chi connectivity index (χ4v) is 5.73. The first-order chi connectivity index (χ1) is 14.7. The SMILES string of the molecule is O=C(O)C1C(C(=O)O)C2(c3ccccc3)NC1(c1ccccc1)C(C(=O)O)C2C(=O)O. The summed E-state index contributed by atoms with van der Waals surface area (Å²) in [6.45, 7) is 0. The van der Waals surface area contributed by atoms with E-state index in [-0.39, 0.29) is 11.1 Å². The van der Waals surface area contributed by atoms with Crippen LogP contribution in [0.2, 0.25) is 0 Å². The number of carbonyl (C=O) groups is 4. The van der Waals surface area contributed by atoms with Gasteiger partial charge in [-0.05, 0) is 11.1 Å². The Kier molecular flexibility index (Phi) is 4.58. The van der Waals surface area contributed by atoms with Crippen molar-refractivity contribution >= 4 is 23.9 Å². The van der Waals surface area contributed by atoms with Crippen LogP contribution in [-0.2, 0) is 30.3 Å². The van der Waals surface area contributed by atoms with Gasteiger partial charge in [0.05, 0.1) is 34.7 Å². The van der Waals surface area contributed by atoms with Gasteiger partial charge in [0.25, 0.3) is 0 Å². The summed E-state index contributed by atoms with van der Waals surface area (Å²) >= 11 is 0. The molecule has 160 valence electrons. The highest BCUT2D eigenvalue weighted by Crippen LogP contribution is 2.66.